The van der Waals surface area contributed by atoms with Gasteiger partial charge in [0.25, 0.3) is 5.91 Å². The van der Waals surface area contributed by atoms with Gasteiger partial charge in [-0.3, -0.25) is 9.78 Å². The molecular formula is C23H22N2O3. The third-order valence-corrected chi connectivity index (χ3v) is 4.19. The van der Waals surface area contributed by atoms with Gasteiger partial charge in [0.2, 0.25) is 0 Å². The average Bonchev–Trinajstić information content (AvgIpc) is 2.77. The van der Waals surface area contributed by atoms with Crippen molar-refractivity contribution < 1.29 is 14.3 Å². The van der Waals surface area contributed by atoms with Gasteiger partial charge in [-0.1, -0.05) is 30.3 Å². The van der Waals surface area contributed by atoms with E-state index in [1.165, 1.54) is 6.08 Å². The fourth-order valence-corrected chi connectivity index (χ4v) is 2.62. The molecule has 5 heteroatoms. The molecule has 0 unspecified atom stereocenters. The summed E-state index contributed by atoms with van der Waals surface area (Å²) < 4.78 is 11.0. The predicted octanol–water partition coefficient (Wildman–Crippen LogP) is 4.35. The minimum absolute atomic E-state index is 0.139. The number of likely N-dealkylation sites (N-methyl/N-ethyl adjacent to an activating group) is 1. The number of pyridine rings is 1. The van der Waals surface area contributed by atoms with Gasteiger partial charge in [-0.2, -0.15) is 0 Å². The molecule has 3 rings (SSSR count). The Bertz CT molecular complexity index is 938. The van der Waals surface area contributed by atoms with E-state index in [2.05, 4.69) is 4.98 Å². The highest BCUT2D eigenvalue weighted by molar-refractivity contribution is 6.04. The first-order valence-corrected chi connectivity index (χ1v) is 8.89. The first kappa shape index (κ1) is 19.2. The summed E-state index contributed by atoms with van der Waals surface area (Å²) in [6.45, 7) is 0.415. The first-order chi connectivity index (χ1) is 13.7. The van der Waals surface area contributed by atoms with Crippen LogP contribution in [-0.4, -0.2) is 25.0 Å². The monoisotopic (exact) mass is 374 g/mol. The Labute approximate surface area is 164 Å². The number of benzene rings is 2. The van der Waals surface area contributed by atoms with E-state index >= 15 is 0 Å². The molecule has 0 bridgehead atoms. The lowest BCUT2D eigenvalue weighted by Gasteiger charge is -2.18. The normalized spacial score (nSPS) is 10.6. The Kier molecular flexibility index (Phi) is 6.41. The zero-order chi connectivity index (χ0) is 19.8. The Balaban J connectivity index is 1.60. The van der Waals surface area contributed by atoms with Gasteiger partial charge in [0.1, 0.15) is 18.1 Å². The first-order valence-electron chi connectivity index (χ1n) is 8.89. The Hall–Kier alpha value is -3.60. The van der Waals surface area contributed by atoms with Crippen molar-refractivity contribution in [3.8, 4) is 11.5 Å². The molecule has 0 saturated heterocycles. The van der Waals surface area contributed by atoms with Crippen LogP contribution >= 0.6 is 0 Å². The van der Waals surface area contributed by atoms with Crippen molar-refractivity contribution >= 4 is 17.7 Å². The number of para-hydroxylation sites is 2. The van der Waals surface area contributed by atoms with Crippen molar-refractivity contribution in [3.05, 3.63) is 90.3 Å². The summed E-state index contributed by atoms with van der Waals surface area (Å²) in [4.78, 5) is 18.2. The lowest BCUT2D eigenvalue weighted by atomic mass is 10.2. The summed E-state index contributed by atoms with van der Waals surface area (Å²) in [6, 6.07) is 20.7. The van der Waals surface area contributed by atoms with Crippen molar-refractivity contribution in [1.82, 2.24) is 4.98 Å². The zero-order valence-electron chi connectivity index (χ0n) is 15.9. The van der Waals surface area contributed by atoms with Crippen molar-refractivity contribution in [2.75, 3.05) is 19.1 Å². The number of rotatable bonds is 7. The van der Waals surface area contributed by atoms with Crippen LogP contribution in [0.2, 0.25) is 0 Å². The van der Waals surface area contributed by atoms with Gasteiger partial charge >= 0.3 is 0 Å². The number of hydrogen-bond donors (Lipinski definition) is 0. The fraction of sp³-hybridized carbons (Fsp3) is 0.130. The second-order valence-corrected chi connectivity index (χ2v) is 6.08. The highest BCUT2D eigenvalue weighted by Gasteiger charge is 2.12. The number of nitrogens with zero attached hydrogens (tertiary/aromatic N) is 2. The fourth-order valence-electron chi connectivity index (χ4n) is 2.62. The molecule has 0 saturated carbocycles. The third kappa shape index (κ3) is 4.98. The lowest BCUT2D eigenvalue weighted by molar-refractivity contribution is -0.113. The topological polar surface area (TPSA) is 51.7 Å². The van der Waals surface area contributed by atoms with Gasteiger partial charge in [-0.25, -0.2) is 0 Å². The number of amides is 1. The Morgan fingerprint density at radius 3 is 2.50 bits per heavy atom. The molecule has 28 heavy (non-hydrogen) atoms. The molecule has 0 aliphatic rings. The van der Waals surface area contributed by atoms with E-state index in [1.807, 2.05) is 66.7 Å². The largest absolute Gasteiger partial charge is 0.495 e. The maximum absolute atomic E-state index is 12.5. The number of carbonyl (C=O) groups excluding carboxylic acids is 1. The van der Waals surface area contributed by atoms with Crippen LogP contribution in [0.4, 0.5) is 5.69 Å². The zero-order valence-corrected chi connectivity index (χ0v) is 15.9. The molecule has 3 aromatic rings. The number of ether oxygens (including phenoxy) is 2. The molecule has 0 aliphatic carbocycles. The van der Waals surface area contributed by atoms with Gasteiger partial charge in [0, 0.05) is 19.3 Å². The molecule has 142 valence electrons. The van der Waals surface area contributed by atoms with Crippen molar-refractivity contribution in [1.29, 1.82) is 0 Å². The molecule has 1 heterocycles. The summed E-state index contributed by atoms with van der Waals surface area (Å²) in [6.07, 6.45) is 5.05. The van der Waals surface area contributed by atoms with Crippen LogP contribution in [0.1, 0.15) is 11.3 Å². The Morgan fingerprint density at radius 2 is 1.79 bits per heavy atom. The van der Waals surface area contributed by atoms with E-state index < -0.39 is 0 Å². The van der Waals surface area contributed by atoms with Gasteiger partial charge in [0.15, 0.2) is 0 Å². The smallest absolute Gasteiger partial charge is 0.250 e. The molecule has 0 atom stereocenters. The third-order valence-electron chi connectivity index (χ3n) is 4.19. The van der Waals surface area contributed by atoms with Gasteiger partial charge in [-0.15, -0.1) is 0 Å². The van der Waals surface area contributed by atoms with Gasteiger partial charge in [-0.05, 0) is 48.0 Å². The molecule has 0 N–H and O–H groups in total. The van der Waals surface area contributed by atoms with Crippen LogP contribution in [0.5, 0.6) is 11.5 Å². The second kappa shape index (κ2) is 9.37. The van der Waals surface area contributed by atoms with E-state index in [-0.39, 0.29) is 5.91 Å². The summed E-state index contributed by atoms with van der Waals surface area (Å²) in [5, 5.41) is 0. The van der Waals surface area contributed by atoms with Crippen LogP contribution in [0.3, 0.4) is 0 Å². The number of anilines is 1. The second-order valence-electron chi connectivity index (χ2n) is 6.08. The Morgan fingerprint density at radius 1 is 1.04 bits per heavy atom. The van der Waals surface area contributed by atoms with Crippen LogP contribution in [-0.2, 0) is 11.4 Å². The summed E-state index contributed by atoms with van der Waals surface area (Å²) in [7, 11) is 3.31. The van der Waals surface area contributed by atoms with Crippen molar-refractivity contribution in [3.63, 3.8) is 0 Å². The van der Waals surface area contributed by atoms with Crippen molar-refractivity contribution in [2.24, 2.45) is 0 Å². The quantitative estimate of drug-likeness (QED) is 0.577. The minimum Gasteiger partial charge on any atom is -0.495 e. The highest BCUT2D eigenvalue weighted by atomic mass is 16.5. The maximum atomic E-state index is 12.5. The van der Waals surface area contributed by atoms with Crippen LogP contribution in [0.15, 0.2) is 79.0 Å². The van der Waals surface area contributed by atoms with E-state index in [4.69, 9.17) is 9.47 Å². The molecule has 2 aromatic carbocycles. The number of carbonyl (C=O) groups is 1. The predicted molar refractivity (Wildman–Crippen MR) is 110 cm³/mol. The molecule has 1 aromatic heterocycles. The van der Waals surface area contributed by atoms with E-state index in [0.717, 1.165) is 22.7 Å². The van der Waals surface area contributed by atoms with Crippen LogP contribution in [0.25, 0.3) is 6.08 Å². The molecular weight excluding hydrogens is 352 g/mol. The van der Waals surface area contributed by atoms with Crippen LogP contribution < -0.4 is 14.4 Å². The maximum Gasteiger partial charge on any atom is 0.250 e. The number of aromatic nitrogens is 1. The summed E-state index contributed by atoms with van der Waals surface area (Å²) in [5.41, 5.74) is 2.50. The minimum atomic E-state index is -0.139. The SMILES string of the molecule is COc1ccccc1N(C)C(=O)/C=C/c1ccc(OCc2ccccn2)cc1. The van der Waals surface area contributed by atoms with E-state index in [1.54, 1.807) is 31.3 Å². The lowest BCUT2D eigenvalue weighted by Crippen LogP contribution is -2.24. The molecule has 0 spiro atoms. The summed E-state index contributed by atoms with van der Waals surface area (Å²) >= 11 is 0. The number of methoxy groups -OCH3 is 1. The molecule has 0 fully saturated rings. The molecule has 0 aliphatic heterocycles. The summed E-state index contributed by atoms with van der Waals surface area (Å²) in [5.74, 6) is 1.27. The van der Waals surface area contributed by atoms with E-state index in [0.29, 0.717) is 12.4 Å². The van der Waals surface area contributed by atoms with Crippen LogP contribution in [0, 0.1) is 0 Å². The molecule has 1 amide bonds. The number of hydrogen-bond acceptors (Lipinski definition) is 4. The molecule has 5 nitrogen and oxygen atoms in total. The van der Waals surface area contributed by atoms with E-state index in [9.17, 15) is 4.79 Å². The van der Waals surface area contributed by atoms with Gasteiger partial charge < -0.3 is 14.4 Å². The van der Waals surface area contributed by atoms with Crippen molar-refractivity contribution in [2.45, 2.75) is 6.61 Å². The molecule has 0 radical (unpaired) electrons. The standard InChI is InChI=1S/C23H22N2O3/c1-25(21-8-3-4-9-22(21)27-2)23(26)15-12-18-10-13-20(14-11-18)28-17-19-7-5-6-16-24-19/h3-16H,17H2,1-2H3/b15-12+. The highest BCUT2D eigenvalue weighted by Crippen LogP contribution is 2.26. The van der Waals surface area contributed by atoms with Gasteiger partial charge in [0.05, 0.1) is 18.5 Å². The average molecular weight is 374 g/mol.